The Labute approximate surface area is 92.3 Å². The number of aromatic carboxylic acids is 1. The molecular formula is C8H6F3N3O3. The molecule has 1 aromatic heterocycles. The average molecular weight is 249 g/mol. The van der Waals surface area contributed by atoms with Crippen molar-refractivity contribution < 1.29 is 27.9 Å². The van der Waals surface area contributed by atoms with Crippen LogP contribution in [0.4, 0.5) is 13.2 Å². The van der Waals surface area contributed by atoms with Gasteiger partial charge in [0, 0.05) is 11.8 Å². The van der Waals surface area contributed by atoms with Gasteiger partial charge >= 0.3 is 12.1 Å². The van der Waals surface area contributed by atoms with E-state index in [1.807, 2.05) is 0 Å². The zero-order valence-electron chi connectivity index (χ0n) is 8.15. The Kier molecular flexibility index (Phi) is 3.30. The van der Waals surface area contributed by atoms with Crippen LogP contribution in [-0.4, -0.2) is 33.1 Å². The molecule has 3 N–H and O–H groups in total. The Bertz CT molecular complexity index is 473. The van der Waals surface area contributed by atoms with Crippen LogP contribution in [0.3, 0.4) is 0 Å². The number of amides is 1. The molecule has 17 heavy (non-hydrogen) atoms. The van der Waals surface area contributed by atoms with E-state index in [9.17, 15) is 22.8 Å². The fourth-order valence-corrected chi connectivity index (χ4v) is 1.07. The van der Waals surface area contributed by atoms with Crippen molar-refractivity contribution in [2.75, 3.05) is 0 Å². The van der Waals surface area contributed by atoms with E-state index in [1.165, 1.54) is 0 Å². The van der Waals surface area contributed by atoms with E-state index >= 15 is 0 Å². The van der Waals surface area contributed by atoms with Crippen molar-refractivity contribution in [2.45, 2.75) is 12.6 Å². The molecule has 0 radical (unpaired) electrons. The highest BCUT2D eigenvalue weighted by atomic mass is 19.4. The molecule has 0 aromatic carbocycles. The number of nitrogens with zero attached hydrogens (tertiary/aromatic N) is 2. The molecule has 92 valence electrons. The number of alkyl halides is 3. The molecule has 9 heteroatoms. The Morgan fingerprint density at radius 2 is 2.00 bits per heavy atom. The summed E-state index contributed by atoms with van der Waals surface area (Å²) in [5.41, 5.74) is 3.51. The first-order valence-corrected chi connectivity index (χ1v) is 4.16. The monoisotopic (exact) mass is 249 g/mol. The molecule has 1 aromatic rings. The van der Waals surface area contributed by atoms with Crippen molar-refractivity contribution in [3.63, 3.8) is 0 Å². The van der Waals surface area contributed by atoms with Crippen molar-refractivity contribution in [3.8, 4) is 0 Å². The summed E-state index contributed by atoms with van der Waals surface area (Å²) in [6.45, 7) is 0. The number of rotatable bonds is 3. The van der Waals surface area contributed by atoms with Gasteiger partial charge < -0.3 is 10.8 Å². The van der Waals surface area contributed by atoms with Crippen LogP contribution in [0.5, 0.6) is 0 Å². The maximum absolute atomic E-state index is 12.1. The van der Waals surface area contributed by atoms with E-state index in [-0.39, 0.29) is 0 Å². The maximum Gasteiger partial charge on any atom is 0.393 e. The molecule has 0 unspecified atom stereocenters. The molecule has 0 aliphatic carbocycles. The number of primary amides is 1. The van der Waals surface area contributed by atoms with Crippen LogP contribution in [0.1, 0.15) is 26.7 Å². The van der Waals surface area contributed by atoms with Gasteiger partial charge in [0.25, 0.3) is 5.91 Å². The first-order chi connectivity index (χ1) is 7.70. The topological polar surface area (TPSA) is 106 Å². The molecule has 0 aliphatic heterocycles. The van der Waals surface area contributed by atoms with Crippen LogP contribution < -0.4 is 5.73 Å². The molecule has 0 saturated carbocycles. The van der Waals surface area contributed by atoms with Crippen LogP contribution in [0.2, 0.25) is 0 Å². The summed E-state index contributed by atoms with van der Waals surface area (Å²) < 4.78 is 36.4. The second-order valence-electron chi connectivity index (χ2n) is 3.03. The van der Waals surface area contributed by atoms with Crippen molar-refractivity contribution >= 4 is 11.9 Å². The van der Waals surface area contributed by atoms with Gasteiger partial charge in [-0.1, -0.05) is 0 Å². The third-order valence-corrected chi connectivity index (χ3v) is 1.68. The van der Waals surface area contributed by atoms with Gasteiger partial charge in [-0.3, -0.25) is 4.79 Å². The summed E-state index contributed by atoms with van der Waals surface area (Å²) in [6, 6.07) is 0. The summed E-state index contributed by atoms with van der Waals surface area (Å²) in [5.74, 6) is -3.59. The predicted molar refractivity (Wildman–Crippen MR) is 47.3 cm³/mol. The normalized spacial score (nSPS) is 11.2. The highest BCUT2D eigenvalue weighted by Crippen LogP contribution is 2.22. The van der Waals surface area contributed by atoms with Gasteiger partial charge in [-0.15, -0.1) is 0 Å². The SMILES string of the molecule is NC(=O)c1nc(C(=O)O)ncc1CC(F)(F)F. The van der Waals surface area contributed by atoms with Crippen LogP contribution in [0.25, 0.3) is 0 Å². The Hall–Kier alpha value is -2.19. The molecule has 0 atom stereocenters. The lowest BCUT2D eigenvalue weighted by Gasteiger charge is -2.08. The first kappa shape index (κ1) is 12.9. The van der Waals surface area contributed by atoms with Crippen LogP contribution in [0.15, 0.2) is 6.20 Å². The number of nitrogens with two attached hydrogens (primary N) is 1. The van der Waals surface area contributed by atoms with E-state index in [1.54, 1.807) is 0 Å². The molecule has 1 rings (SSSR count). The molecule has 0 fully saturated rings. The van der Waals surface area contributed by atoms with Crippen LogP contribution in [0, 0.1) is 0 Å². The van der Waals surface area contributed by atoms with E-state index in [0.717, 1.165) is 0 Å². The van der Waals surface area contributed by atoms with Crippen LogP contribution in [-0.2, 0) is 6.42 Å². The number of hydrogen-bond donors (Lipinski definition) is 2. The summed E-state index contributed by atoms with van der Waals surface area (Å²) in [4.78, 5) is 27.7. The van der Waals surface area contributed by atoms with E-state index in [2.05, 4.69) is 9.97 Å². The van der Waals surface area contributed by atoms with E-state index in [0.29, 0.717) is 6.20 Å². The zero-order valence-corrected chi connectivity index (χ0v) is 8.15. The average Bonchev–Trinajstić information content (AvgIpc) is 2.14. The lowest BCUT2D eigenvalue weighted by molar-refractivity contribution is -0.127. The Balaban J connectivity index is 3.23. The zero-order chi connectivity index (χ0) is 13.2. The van der Waals surface area contributed by atoms with Crippen molar-refractivity contribution in [1.29, 1.82) is 0 Å². The molecule has 6 nitrogen and oxygen atoms in total. The predicted octanol–water partition coefficient (Wildman–Crippen LogP) is 0.378. The second-order valence-corrected chi connectivity index (χ2v) is 3.03. The van der Waals surface area contributed by atoms with Gasteiger partial charge in [0.05, 0.1) is 6.42 Å². The molecule has 1 amide bonds. The highest BCUT2D eigenvalue weighted by molar-refractivity contribution is 5.93. The molecular weight excluding hydrogens is 243 g/mol. The molecule has 1 heterocycles. The summed E-state index contributed by atoms with van der Waals surface area (Å²) in [7, 11) is 0. The third kappa shape index (κ3) is 3.40. The summed E-state index contributed by atoms with van der Waals surface area (Å²) >= 11 is 0. The third-order valence-electron chi connectivity index (χ3n) is 1.68. The number of carbonyl (C=O) groups excluding carboxylic acids is 1. The van der Waals surface area contributed by atoms with Gasteiger partial charge in [0.2, 0.25) is 5.82 Å². The number of carboxylic acids is 1. The highest BCUT2D eigenvalue weighted by Gasteiger charge is 2.31. The Morgan fingerprint density at radius 3 is 2.41 bits per heavy atom. The minimum atomic E-state index is -4.57. The quantitative estimate of drug-likeness (QED) is 0.805. The van der Waals surface area contributed by atoms with Crippen molar-refractivity contribution in [2.24, 2.45) is 5.73 Å². The number of carbonyl (C=O) groups is 2. The maximum atomic E-state index is 12.1. The van der Waals surface area contributed by atoms with Gasteiger partial charge in [-0.25, -0.2) is 14.8 Å². The molecule has 0 saturated heterocycles. The van der Waals surface area contributed by atoms with Gasteiger partial charge in [0.15, 0.2) is 0 Å². The standard InChI is InChI=1S/C8H6F3N3O3/c9-8(10,11)1-3-2-13-6(7(16)17)14-4(3)5(12)15/h2H,1H2,(H2,12,15)(H,16,17). The lowest BCUT2D eigenvalue weighted by atomic mass is 10.1. The second kappa shape index (κ2) is 4.36. The fourth-order valence-electron chi connectivity index (χ4n) is 1.07. The Morgan fingerprint density at radius 1 is 1.41 bits per heavy atom. The summed E-state index contributed by atoms with van der Waals surface area (Å²) in [6.07, 6.45) is -5.40. The number of carboxylic acid groups (broad SMARTS) is 1. The minimum Gasteiger partial charge on any atom is -0.475 e. The molecule has 0 aliphatic rings. The number of aromatic nitrogens is 2. The van der Waals surface area contributed by atoms with Crippen molar-refractivity contribution in [3.05, 3.63) is 23.3 Å². The van der Waals surface area contributed by atoms with E-state index < -0.39 is 41.6 Å². The lowest BCUT2D eigenvalue weighted by Crippen LogP contribution is -2.22. The van der Waals surface area contributed by atoms with Gasteiger partial charge in [0.1, 0.15) is 5.69 Å². The molecule has 0 bridgehead atoms. The number of halogens is 3. The first-order valence-electron chi connectivity index (χ1n) is 4.16. The van der Waals surface area contributed by atoms with E-state index in [4.69, 9.17) is 10.8 Å². The largest absolute Gasteiger partial charge is 0.475 e. The summed E-state index contributed by atoms with van der Waals surface area (Å²) in [5, 5.41) is 8.52. The smallest absolute Gasteiger partial charge is 0.393 e. The van der Waals surface area contributed by atoms with Gasteiger partial charge in [-0.05, 0) is 0 Å². The number of hydrogen-bond acceptors (Lipinski definition) is 4. The van der Waals surface area contributed by atoms with Crippen molar-refractivity contribution in [1.82, 2.24) is 9.97 Å². The fraction of sp³-hybridized carbons (Fsp3) is 0.250. The minimum absolute atomic E-state index is 0.560. The molecule has 0 spiro atoms. The van der Waals surface area contributed by atoms with Crippen LogP contribution >= 0.6 is 0 Å². The van der Waals surface area contributed by atoms with Gasteiger partial charge in [-0.2, -0.15) is 13.2 Å².